The van der Waals surface area contributed by atoms with Crippen LogP contribution in [0.2, 0.25) is 5.02 Å². The van der Waals surface area contributed by atoms with E-state index < -0.39 is 0 Å². The Balaban J connectivity index is 1.69. The Labute approximate surface area is 204 Å². The van der Waals surface area contributed by atoms with Crippen molar-refractivity contribution in [3.63, 3.8) is 0 Å². The Hall–Kier alpha value is -3.09. The van der Waals surface area contributed by atoms with Gasteiger partial charge in [0.15, 0.2) is 11.5 Å². The Morgan fingerprint density at radius 1 is 1.12 bits per heavy atom. The first-order valence-electron chi connectivity index (χ1n) is 11.2. The van der Waals surface area contributed by atoms with Crippen LogP contribution in [0.5, 0.6) is 11.5 Å². The summed E-state index contributed by atoms with van der Waals surface area (Å²) in [7, 11) is 3.23. The molecule has 1 aliphatic heterocycles. The number of nitrogens with zero attached hydrogens (tertiary/aromatic N) is 1. The molecule has 3 aromatic rings. The van der Waals surface area contributed by atoms with Crippen LogP contribution in [-0.4, -0.2) is 37.6 Å². The van der Waals surface area contributed by atoms with E-state index in [2.05, 4.69) is 10.2 Å². The molecular formula is C27H28ClFN2O3. The van der Waals surface area contributed by atoms with Gasteiger partial charge in [-0.2, -0.15) is 0 Å². The molecule has 0 bridgehead atoms. The summed E-state index contributed by atoms with van der Waals surface area (Å²) in [6.45, 7) is 3.38. The lowest BCUT2D eigenvalue weighted by Crippen LogP contribution is -2.47. The predicted molar refractivity (Wildman–Crippen MR) is 131 cm³/mol. The van der Waals surface area contributed by atoms with Gasteiger partial charge in [0.2, 0.25) is 0 Å². The van der Waals surface area contributed by atoms with Crippen molar-refractivity contribution in [2.75, 3.05) is 20.8 Å². The summed E-state index contributed by atoms with van der Waals surface area (Å²) < 4.78 is 24.5. The second-order valence-corrected chi connectivity index (χ2v) is 8.85. The van der Waals surface area contributed by atoms with Crippen LogP contribution in [0.4, 0.5) is 4.39 Å². The number of nitrogens with one attached hydrogen (secondary N) is 1. The van der Waals surface area contributed by atoms with Crippen molar-refractivity contribution >= 4 is 17.5 Å². The standard InChI is InChI=1S/C27H28ClFN2O3/c1-17(30-27(32)21-6-4-5-7-23(21)28)26-22-15-25(34-3)24(33-2)14-19(22)12-13-31(26)16-18-8-10-20(29)11-9-18/h4-11,14-15,17,26H,12-13,16H2,1-3H3,(H,30,32)/t17-,26+/m0/s1. The van der Waals surface area contributed by atoms with Crippen molar-refractivity contribution in [2.24, 2.45) is 0 Å². The lowest BCUT2D eigenvalue weighted by atomic mass is 9.87. The maximum absolute atomic E-state index is 13.5. The maximum atomic E-state index is 13.5. The number of benzene rings is 3. The molecule has 34 heavy (non-hydrogen) atoms. The van der Waals surface area contributed by atoms with Crippen LogP contribution in [0.1, 0.15) is 40.0 Å². The number of carbonyl (C=O) groups is 1. The van der Waals surface area contributed by atoms with Crippen LogP contribution in [-0.2, 0) is 13.0 Å². The molecule has 1 aliphatic rings. The van der Waals surface area contributed by atoms with E-state index in [0.717, 1.165) is 29.7 Å². The summed E-state index contributed by atoms with van der Waals surface area (Å²) in [5.41, 5.74) is 3.65. The van der Waals surface area contributed by atoms with Gasteiger partial charge < -0.3 is 14.8 Å². The van der Waals surface area contributed by atoms with Gasteiger partial charge >= 0.3 is 0 Å². The van der Waals surface area contributed by atoms with E-state index in [0.29, 0.717) is 28.6 Å². The van der Waals surface area contributed by atoms with Gasteiger partial charge in [-0.15, -0.1) is 0 Å². The number of methoxy groups -OCH3 is 2. The molecule has 0 fully saturated rings. The number of rotatable bonds is 7. The third-order valence-corrected chi connectivity index (χ3v) is 6.61. The number of halogens is 2. The average Bonchev–Trinajstić information content (AvgIpc) is 2.84. The van der Waals surface area contributed by atoms with Crippen LogP contribution in [0.25, 0.3) is 0 Å². The molecule has 0 saturated heterocycles. The van der Waals surface area contributed by atoms with Crippen molar-refractivity contribution in [3.8, 4) is 11.5 Å². The number of hydrogen-bond acceptors (Lipinski definition) is 4. The van der Waals surface area contributed by atoms with Gasteiger partial charge in [0, 0.05) is 19.1 Å². The molecule has 0 aromatic heterocycles. The number of amides is 1. The smallest absolute Gasteiger partial charge is 0.253 e. The van der Waals surface area contributed by atoms with Crippen LogP contribution in [0.15, 0.2) is 60.7 Å². The quantitative estimate of drug-likeness (QED) is 0.489. The molecule has 1 heterocycles. The molecule has 1 N–H and O–H groups in total. The van der Waals surface area contributed by atoms with Crippen LogP contribution in [0, 0.1) is 5.82 Å². The summed E-state index contributed by atoms with van der Waals surface area (Å²) in [5, 5.41) is 3.55. The Morgan fingerprint density at radius 2 is 1.79 bits per heavy atom. The van der Waals surface area contributed by atoms with Crippen LogP contribution in [0.3, 0.4) is 0 Å². The zero-order valence-electron chi connectivity index (χ0n) is 19.5. The molecule has 4 rings (SSSR count). The molecule has 0 radical (unpaired) electrons. The second-order valence-electron chi connectivity index (χ2n) is 8.44. The van der Waals surface area contributed by atoms with Gasteiger partial charge in [-0.05, 0) is 66.4 Å². The molecule has 1 amide bonds. The van der Waals surface area contributed by atoms with Crippen LogP contribution >= 0.6 is 11.6 Å². The van der Waals surface area contributed by atoms with Gasteiger partial charge in [0.1, 0.15) is 5.82 Å². The Morgan fingerprint density at radius 3 is 2.47 bits per heavy atom. The first-order valence-corrected chi connectivity index (χ1v) is 11.6. The van der Waals surface area contributed by atoms with E-state index in [4.69, 9.17) is 21.1 Å². The molecule has 0 saturated carbocycles. The molecule has 2 atom stereocenters. The number of ether oxygens (including phenoxy) is 2. The molecule has 0 spiro atoms. The summed E-state index contributed by atoms with van der Waals surface area (Å²) >= 11 is 6.26. The summed E-state index contributed by atoms with van der Waals surface area (Å²) in [5.74, 6) is 0.827. The molecule has 0 unspecified atom stereocenters. The van der Waals surface area contributed by atoms with Gasteiger partial charge in [0.25, 0.3) is 5.91 Å². The van der Waals surface area contributed by atoms with Crippen molar-refractivity contribution in [2.45, 2.75) is 32.0 Å². The highest BCUT2D eigenvalue weighted by Crippen LogP contribution is 2.40. The zero-order chi connectivity index (χ0) is 24.2. The maximum Gasteiger partial charge on any atom is 0.253 e. The minimum atomic E-state index is -0.263. The van der Waals surface area contributed by atoms with Crippen molar-refractivity contribution in [1.82, 2.24) is 10.2 Å². The van der Waals surface area contributed by atoms with Gasteiger partial charge in [-0.25, -0.2) is 4.39 Å². The SMILES string of the molecule is COc1cc2c(cc1OC)[C@@H]([C@H](C)NC(=O)c1ccccc1Cl)N(Cc1ccc(F)cc1)CC2. The Bertz CT molecular complexity index is 1170. The average molecular weight is 483 g/mol. The van der Waals surface area contributed by atoms with E-state index in [1.54, 1.807) is 50.6 Å². The topological polar surface area (TPSA) is 50.8 Å². The summed E-state index contributed by atoms with van der Waals surface area (Å²) in [6, 6.07) is 17.2. The second kappa shape index (κ2) is 10.5. The van der Waals surface area contributed by atoms with Gasteiger partial charge in [-0.1, -0.05) is 35.9 Å². The Kier molecular flexibility index (Phi) is 7.39. The number of hydrogen-bond donors (Lipinski definition) is 1. The third kappa shape index (κ3) is 5.03. The van der Waals surface area contributed by atoms with E-state index in [-0.39, 0.29) is 23.8 Å². The van der Waals surface area contributed by atoms with E-state index in [9.17, 15) is 9.18 Å². The van der Waals surface area contributed by atoms with E-state index >= 15 is 0 Å². The third-order valence-electron chi connectivity index (χ3n) is 6.28. The first-order chi connectivity index (χ1) is 16.4. The molecule has 3 aromatic carbocycles. The molecule has 5 nitrogen and oxygen atoms in total. The highest BCUT2D eigenvalue weighted by molar-refractivity contribution is 6.33. The lowest BCUT2D eigenvalue weighted by Gasteiger charge is -2.41. The lowest BCUT2D eigenvalue weighted by molar-refractivity contribution is 0.0877. The fourth-order valence-electron chi connectivity index (χ4n) is 4.62. The number of fused-ring (bicyclic) bond motifs is 1. The van der Waals surface area contributed by atoms with E-state index in [1.165, 1.54) is 12.1 Å². The minimum Gasteiger partial charge on any atom is -0.493 e. The largest absolute Gasteiger partial charge is 0.493 e. The zero-order valence-corrected chi connectivity index (χ0v) is 20.2. The summed E-state index contributed by atoms with van der Waals surface area (Å²) in [4.78, 5) is 15.4. The number of carbonyl (C=O) groups excluding carboxylic acids is 1. The molecule has 7 heteroatoms. The van der Waals surface area contributed by atoms with Crippen molar-refractivity contribution in [1.29, 1.82) is 0 Å². The molecular weight excluding hydrogens is 455 g/mol. The fourth-order valence-corrected chi connectivity index (χ4v) is 4.85. The predicted octanol–water partition coefficient (Wildman–Crippen LogP) is 5.41. The monoisotopic (exact) mass is 482 g/mol. The van der Waals surface area contributed by atoms with Crippen molar-refractivity contribution in [3.05, 3.63) is 93.8 Å². The summed E-state index contributed by atoms with van der Waals surface area (Å²) in [6.07, 6.45) is 0.818. The normalized spacial score (nSPS) is 16.4. The first kappa shape index (κ1) is 24.0. The van der Waals surface area contributed by atoms with Gasteiger partial charge in [-0.3, -0.25) is 9.69 Å². The highest BCUT2D eigenvalue weighted by atomic mass is 35.5. The van der Waals surface area contributed by atoms with Crippen LogP contribution < -0.4 is 14.8 Å². The van der Waals surface area contributed by atoms with Gasteiger partial charge in [0.05, 0.1) is 30.8 Å². The highest BCUT2D eigenvalue weighted by Gasteiger charge is 2.34. The molecule has 178 valence electrons. The fraction of sp³-hybridized carbons (Fsp3) is 0.296. The van der Waals surface area contributed by atoms with E-state index in [1.807, 2.05) is 19.1 Å². The minimum absolute atomic E-state index is 0.139. The molecule has 0 aliphatic carbocycles. The van der Waals surface area contributed by atoms with Crippen molar-refractivity contribution < 1.29 is 18.7 Å².